The molecule has 3 aromatic rings. The van der Waals surface area contributed by atoms with Crippen LogP contribution in [0.2, 0.25) is 0 Å². The smallest absolute Gasteiger partial charge is 0.459 e. The molecule has 6 atom stereocenters. The van der Waals surface area contributed by atoms with Crippen LogP contribution in [0.25, 0.3) is 11.0 Å². The van der Waals surface area contributed by atoms with Crippen molar-refractivity contribution in [3.63, 3.8) is 0 Å². The molecule has 0 spiro atoms. The fraction of sp³-hybridized carbons (Fsp3) is 0.350. The second-order valence-corrected chi connectivity index (χ2v) is 9.42. The van der Waals surface area contributed by atoms with Crippen LogP contribution < -0.4 is 15.1 Å². The Kier molecular flexibility index (Phi) is 7.33. The van der Waals surface area contributed by atoms with Gasteiger partial charge in [0.2, 0.25) is 0 Å². The Morgan fingerprint density at radius 3 is 2.66 bits per heavy atom. The molecule has 0 saturated carbocycles. The Morgan fingerprint density at radius 2 is 1.97 bits per heavy atom. The van der Waals surface area contributed by atoms with Crippen molar-refractivity contribution in [2.45, 2.75) is 37.5 Å². The zero-order valence-electron chi connectivity index (χ0n) is 18.3. The molecule has 188 valence electrons. The summed E-state index contributed by atoms with van der Waals surface area (Å²) in [6, 6.07) is 8.31. The second-order valence-electron chi connectivity index (χ2n) is 7.73. The number of anilines is 1. The summed E-state index contributed by atoms with van der Waals surface area (Å²) in [7, 11) is -4.25. The van der Waals surface area contributed by atoms with Crippen LogP contribution in [-0.4, -0.2) is 72.0 Å². The first-order chi connectivity index (χ1) is 16.7. The summed E-state index contributed by atoms with van der Waals surface area (Å²) in [5, 5.41) is 42.4. The van der Waals surface area contributed by atoms with E-state index in [0.717, 1.165) is 0 Å². The standard InChI is InChI=1S/C20H24N5O9P/c1-11(20(28)29)24-35(31,34-12-5-3-2-4-6-12)32-9-14-15(26)16(27)19(33-14)25-8-7-13-17(23-30)21-10-22-18(13)25/h2-8,10-11,14-16,19,26-27,30H,9H2,1H3,(H,24,31)(H,28,29)(H,21,22,23)/t11-,14-,15-,16-,19-,35+/m1/s1. The maximum atomic E-state index is 13.3. The van der Waals surface area contributed by atoms with Gasteiger partial charge in [-0.3, -0.25) is 20.0 Å². The maximum Gasteiger partial charge on any atom is 0.459 e. The van der Waals surface area contributed by atoms with Gasteiger partial charge in [0, 0.05) is 6.20 Å². The van der Waals surface area contributed by atoms with Crippen molar-refractivity contribution in [1.82, 2.24) is 19.6 Å². The highest BCUT2D eigenvalue weighted by Gasteiger charge is 2.45. The zero-order valence-corrected chi connectivity index (χ0v) is 19.2. The molecule has 1 fully saturated rings. The average Bonchev–Trinajstić information content (AvgIpc) is 3.39. The largest absolute Gasteiger partial charge is 0.480 e. The van der Waals surface area contributed by atoms with Gasteiger partial charge in [-0.15, -0.1) is 0 Å². The maximum absolute atomic E-state index is 13.3. The fourth-order valence-corrected chi connectivity index (χ4v) is 5.04. The number of aliphatic carboxylic acids is 1. The number of carboxylic acids is 1. The lowest BCUT2D eigenvalue weighted by Crippen LogP contribution is -2.36. The number of nitrogens with one attached hydrogen (secondary N) is 2. The number of ether oxygens (including phenoxy) is 1. The molecule has 1 aliphatic heterocycles. The van der Waals surface area contributed by atoms with Crippen molar-refractivity contribution in [2.24, 2.45) is 0 Å². The molecular weight excluding hydrogens is 485 g/mol. The van der Waals surface area contributed by atoms with Crippen LogP contribution in [0.4, 0.5) is 5.82 Å². The zero-order chi connectivity index (χ0) is 25.2. The Hall–Kier alpha value is -3.10. The summed E-state index contributed by atoms with van der Waals surface area (Å²) in [6.07, 6.45) is -2.39. The Balaban J connectivity index is 1.51. The van der Waals surface area contributed by atoms with Gasteiger partial charge in [0.15, 0.2) is 12.0 Å². The molecule has 0 unspecified atom stereocenters. The molecule has 4 rings (SSSR count). The number of hydrogen-bond donors (Lipinski definition) is 6. The summed E-state index contributed by atoms with van der Waals surface area (Å²) >= 11 is 0. The number of fused-ring (bicyclic) bond motifs is 1. The van der Waals surface area contributed by atoms with Crippen molar-refractivity contribution < 1.29 is 43.7 Å². The summed E-state index contributed by atoms with van der Waals surface area (Å²) < 4.78 is 31.4. The minimum absolute atomic E-state index is 0.138. The third-order valence-corrected chi connectivity index (χ3v) is 6.97. The van der Waals surface area contributed by atoms with Crippen molar-refractivity contribution >= 4 is 30.6 Å². The molecular formula is C20H24N5O9P. The molecule has 1 aliphatic rings. The van der Waals surface area contributed by atoms with E-state index in [1.54, 1.807) is 24.3 Å². The Bertz CT molecular complexity index is 1230. The molecule has 35 heavy (non-hydrogen) atoms. The fourth-order valence-electron chi connectivity index (χ4n) is 3.54. The van der Waals surface area contributed by atoms with E-state index in [1.165, 1.54) is 36.1 Å². The van der Waals surface area contributed by atoms with Gasteiger partial charge in [-0.2, -0.15) is 5.09 Å². The lowest BCUT2D eigenvalue weighted by Gasteiger charge is -2.24. The number of nitrogens with zero attached hydrogens (tertiary/aromatic N) is 3. The van der Waals surface area contributed by atoms with Crippen LogP contribution in [0.5, 0.6) is 5.75 Å². The van der Waals surface area contributed by atoms with Crippen LogP contribution in [0, 0.1) is 0 Å². The van der Waals surface area contributed by atoms with E-state index in [4.69, 9.17) is 13.8 Å². The number of rotatable bonds is 10. The van der Waals surface area contributed by atoms with E-state index in [9.17, 15) is 29.9 Å². The molecule has 14 nitrogen and oxygen atoms in total. The molecule has 6 N–H and O–H groups in total. The number of aliphatic hydroxyl groups excluding tert-OH is 2. The summed E-state index contributed by atoms with van der Waals surface area (Å²) in [5.41, 5.74) is 2.26. The summed E-state index contributed by atoms with van der Waals surface area (Å²) in [6.45, 7) is 0.762. The van der Waals surface area contributed by atoms with Gasteiger partial charge in [-0.25, -0.2) is 14.5 Å². The van der Waals surface area contributed by atoms with Crippen LogP contribution >= 0.6 is 7.75 Å². The molecule has 1 saturated heterocycles. The van der Waals surface area contributed by atoms with Gasteiger partial charge in [-0.1, -0.05) is 18.2 Å². The van der Waals surface area contributed by atoms with Crippen molar-refractivity contribution in [3.05, 3.63) is 48.9 Å². The number of carbonyl (C=O) groups is 1. The van der Waals surface area contributed by atoms with Crippen LogP contribution in [0.3, 0.4) is 0 Å². The lowest BCUT2D eigenvalue weighted by atomic mass is 10.1. The first-order valence-corrected chi connectivity index (χ1v) is 12.0. The molecule has 2 aromatic heterocycles. The van der Waals surface area contributed by atoms with E-state index >= 15 is 0 Å². The second kappa shape index (κ2) is 10.3. The highest BCUT2D eigenvalue weighted by atomic mass is 31.2. The lowest BCUT2D eigenvalue weighted by molar-refractivity contribution is -0.138. The third-order valence-electron chi connectivity index (χ3n) is 5.33. The van der Waals surface area contributed by atoms with Crippen LogP contribution in [0.15, 0.2) is 48.9 Å². The van der Waals surface area contributed by atoms with Crippen molar-refractivity contribution in [2.75, 3.05) is 12.1 Å². The third kappa shape index (κ3) is 5.28. The average molecular weight is 509 g/mol. The molecule has 3 heterocycles. The van der Waals surface area contributed by atoms with Gasteiger partial charge in [-0.05, 0) is 25.1 Å². The predicted octanol–water partition coefficient (Wildman–Crippen LogP) is 1.12. The van der Waals surface area contributed by atoms with Crippen molar-refractivity contribution in [1.29, 1.82) is 0 Å². The topological polar surface area (TPSA) is 198 Å². The number of para-hydroxylation sites is 1. The van der Waals surface area contributed by atoms with E-state index in [0.29, 0.717) is 11.0 Å². The minimum Gasteiger partial charge on any atom is -0.480 e. The van der Waals surface area contributed by atoms with Gasteiger partial charge in [0.1, 0.15) is 42.1 Å². The molecule has 0 amide bonds. The van der Waals surface area contributed by atoms with Crippen LogP contribution in [-0.2, 0) is 18.6 Å². The molecule has 0 radical (unpaired) electrons. The highest BCUT2D eigenvalue weighted by Crippen LogP contribution is 2.46. The minimum atomic E-state index is -4.25. The van der Waals surface area contributed by atoms with Crippen LogP contribution in [0.1, 0.15) is 13.2 Å². The van der Waals surface area contributed by atoms with Gasteiger partial charge in [0.25, 0.3) is 0 Å². The first kappa shape index (κ1) is 25.0. The van der Waals surface area contributed by atoms with E-state index in [-0.39, 0.29) is 11.6 Å². The number of aliphatic hydroxyl groups is 2. The number of aromatic nitrogens is 3. The Morgan fingerprint density at radius 1 is 1.23 bits per heavy atom. The quantitative estimate of drug-likeness (QED) is 0.168. The molecule has 15 heteroatoms. The summed E-state index contributed by atoms with van der Waals surface area (Å²) in [5.74, 6) is -0.978. The van der Waals surface area contributed by atoms with E-state index in [1.807, 2.05) is 5.48 Å². The molecule has 1 aromatic carbocycles. The first-order valence-electron chi connectivity index (χ1n) is 10.5. The Labute approximate surface area is 198 Å². The number of carboxylic acid groups (broad SMARTS) is 1. The van der Waals surface area contributed by atoms with Gasteiger partial charge >= 0.3 is 13.7 Å². The predicted molar refractivity (Wildman–Crippen MR) is 120 cm³/mol. The van der Waals surface area contributed by atoms with E-state index in [2.05, 4.69) is 15.1 Å². The van der Waals surface area contributed by atoms with Gasteiger partial charge in [0.05, 0.1) is 12.0 Å². The highest BCUT2D eigenvalue weighted by molar-refractivity contribution is 7.52. The SMILES string of the molecule is C[C@@H](N[P@](=O)(OC[C@H]1O[C@@H](n2ccc3c(NO)ncnc32)[C@H](O)[C@@H]1O)Oc1ccccc1)C(=O)O. The van der Waals surface area contributed by atoms with E-state index < -0.39 is 50.9 Å². The monoisotopic (exact) mass is 509 g/mol. The normalized spacial score (nSPS) is 24.7. The van der Waals surface area contributed by atoms with Gasteiger partial charge < -0.3 is 29.1 Å². The number of benzene rings is 1. The summed E-state index contributed by atoms with van der Waals surface area (Å²) in [4.78, 5) is 19.3. The number of hydrogen-bond acceptors (Lipinski definition) is 11. The molecule has 0 bridgehead atoms. The molecule has 0 aliphatic carbocycles. The van der Waals surface area contributed by atoms with Crippen molar-refractivity contribution in [3.8, 4) is 5.75 Å².